The number of nitrogens with one attached hydrogen (secondary N) is 3. The van der Waals surface area contributed by atoms with Crippen molar-refractivity contribution in [1.29, 1.82) is 0 Å². The van der Waals surface area contributed by atoms with Crippen molar-refractivity contribution in [2.75, 3.05) is 6.61 Å². The molecule has 0 aromatic carbocycles. The van der Waals surface area contributed by atoms with Gasteiger partial charge in [-0.2, -0.15) is 0 Å². The zero-order chi connectivity index (χ0) is 10.6. The summed E-state index contributed by atoms with van der Waals surface area (Å²) in [6.07, 6.45) is -0.0787. The highest BCUT2D eigenvalue weighted by atomic mass is 16.6. The number of hydroxylamine groups is 1. The van der Waals surface area contributed by atoms with Crippen molar-refractivity contribution in [3.8, 4) is 0 Å². The van der Waals surface area contributed by atoms with Gasteiger partial charge in [0.15, 0.2) is 0 Å². The Morgan fingerprint density at radius 1 is 1.64 bits per heavy atom. The van der Waals surface area contributed by atoms with E-state index in [1.54, 1.807) is 6.92 Å². The molecule has 7 heteroatoms. The van der Waals surface area contributed by atoms with E-state index in [0.717, 1.165) is 0 Å². The lowest BCUT2D eigenvalue weighted by Gasteiger charge is -2.21. The molecule has 1 rings (SSSR count). The summed E-state index contributed by atoms with van der Waals surface area (Å²) >= 11 is 0. The molecule has 0 bridgehead atoms. The largest absolute Gasteiger partial charge is 0.325 e. The van der Waals surface area contributed by atoms with Gasteiger partial charge >= 0.3 is 6.03 Å². The average Bonchev–Trinajstić information content (AvgIpc) is 2.12. The molecule has 1 aliphatic rings. The van der Waals surface area contributed by atoms with Crippen LogP contribution in [-0.4, -0.2) is 30.5 Å². The zero-order valence-electron chi connectivity index (χ0n) is 7.62. The molecule has 1 fully saturated rings. The van der Waals surface area contributed by atoms with E-state index in [-0.39, 0.29) is 6.42 Å². The van der Waals surface area contributed by atoms with E-state index in [1.165, 1.54) is 0 Å². The van der Waals surface area contributed by atoms with Crippen molar-refractivity contribution >= 4 is 17.8 Å². The maximum absolute atomic E-state index is 11.2. The van der Waals surface area contributed by atoms with Crippen LogP contribution >= 0.6 is 0 Å². The molecule has 0 spiro atoms. The monoisotopic (exact) mass is 201 g/mol. The molecule has 1 atom stereocenters. The zero-order valence-corrected chi connectivity index (χ0v) is 7.62. The number of amides is 4. The number of hydrogen-bond acceptors (Lipinski definition) is 4. The second-order valence-electron chi connectivity index (χ2n) is 2.68. The standard InChI is InChI=1S/C7H11N3O4/c1-2-14-10-6(12)4-3-5(11)9-7(13)8-4/h4H,2-3H2,1H3,(H,10,12)(H2,8,9,11,13)/t4-/m0/s1. The molecule has 0 saturated carbocycles. The van der Waals surface area contributed by atoms with Crippen molar-refractivity contribution in [2.45, 2.75) is 19.4 Å². The van der Waals surface area contributed by atoms with Crippen LogP contribution in [0, 0.1) is 0 Å². The second-order valence-corrected chi connectivity index (χ2v) is 2.68. The summed E-state index contributed by atoms with van der Waals surface area (Å²) in [6.45, 7) is 2.02. The number of imide groups is 1. The van der Waals surface area contributed by atoms with Crippen LogP contribution in [0.2, 0.25) is 0 Å². The minimum absolute atomic E-state index is 0.0787. The first kappa shape index (κ1) is 10.5. The van der Waals surface area contributed by atoms with E-state index in [1.807, 2.05) is 5.32 Å². The maximum atomic E-state index is 11.2. The Balaban J connectivity index is 2.46. The van der Waals surface area contributed by atoms with Crippen LogP contribution in [0.25, 0.3) is 0 Å². The summed E-state index contributed by atoms with van der Waals surface area (Å²) in [7, 11) is 0. The van der Waals surface area contributed by atoms with Gasteiger partial charge in [0.1, 0.15) is 6.04 Å². The molecule has 1 heterocycles. The number of urea groups is 1. The first-order valence-corrected chi connectivity index (χ1v) is 4.15. The Bertz CT molecular complexity index is 250. The highest BCUT2D eigenvalue weighted by Gasteiger charge is 2.29. The normalized spacial score (nSPS) is 21.1. The third-order valence-electron chi connectivity index (χ3n) is 1.58. The van der Waals surface area contributed by atoms with Crippen molar-refractivity contribution in [3.63, 3.8) is 0 Å². The van der Waals surface area contributed by atoms with Crippen LogP contribution in [0.15, 0.2) is 0 Å². The van der Waals surface area contributed by atoms with Crippen molar-refractivity contribution in [1.82, 2.24) is 16.1 Å². The van der Waals surface area contributed by atoms with Crippen molar-refractivity contribution in [3.05, 3.63) is 0 Å². The van der Waals surface area contributed by atoms with E-state index in [0.29, 0.717) is 6.61 Å². The molecule has 0 radical (unpaired) electrons. The van der Waals surface area contributed by atoms with Gasteiger partial charge in [0.2, 0.25) is 5.91 Å². The van der Waals surface area contributed by atoms with E-state index >= 15 is 0 Å². The topological polar surface area (TPSA) is 96.5 Å². The molecule has 14 heavy (non-hydrogen) atoms. The van der Waals surface area contributed by atoms with Gasteiger partial charge in [-0.05, 0) is 6.92 Å². The summed E-state index contributed by atoms with van der Waals surface area (Å²) in [5.74, 6) is -1.01. The molecule has 1 aliphatic heterocycles. The van der Waals surface area contributed by atoms with E-state index in [2.05, 4.69) is 15.6 Å². The lowest BCUT2D eigenvalue weighted by Crippen LogP contribution is -2.57. The van der Waals surface area contributed by atoms with Gasteiger partial charge in [0.25, 0.3) is 5.91 Å². The third kappa shape index (κ3) is 2.70. The molecule has 4 amide bonds. The minimum Gasteiger partial charge on any atom is -0.325 e. The Hall–Kier alpha value is -1.63. The van der Waals surface area contributed by atoms with Gasteiger partial charge in [-0.1, -0.05) is 0 Å². The Morgan fingerprint density at radius 2 is 2.36 bits per heavy atom. The third-order valence-corrected chi connectivity index (χ3v) is 1.58. The average molecular weight is 201 g/mol. The molecule has 0 aromatic heterocycles. The smallest absolute Gasteiger partial charge is 0.322 e. The summed E-state index contributed by atoms with van der Waals surface area (Å²) < 4.78 is 0. The number of hydrogen-bond donors (Lipinski definition) is 3. The predicted molar refractivity (Wildman–Crippen MR) is 44.8 cm³/mol. The molecule has 0 unspecified atom stereocenters. The summed E-state index contributed by atoms with van der Waals surface area (Å²) in [6, 6.07) is -1.53. The van der Waals surface area contributed by atoms with Gasteiger partial charge in [0, 0.05) is 0 Å². The molecule has 1 saturated heterocycles. The number of carbonyl (C=O) groups excluding carboxylic acids is 3. The minimum atomic E-state index is -0.859. The molecule has 78 valence electrons. The van der Waals surface area contributed by atoms with Crippen LogP contribution in [0.5, 0.6) is 0 Å². The molecular weight excluding hydrogens is 190 g/mol. The fourth-order valence-corrected chi connectivity index (χ4v) is 0.981. The first-order valence-electron chi connectivity index (χ1n) is 4.15. The van der Waals surface area contributed by atoms with Gasteiger partial charge in [-0.15, -0.1) is 0 Å². The van der Waals surface area contributed by atoms with Crippen LogP contribution in [0.3, 0.4) is 0 Å². The Kier molecular flexibility index (Phi) is 3.41. The Morgan fingerprint density at radius 3 is 2.93 bits per heavy atom. The van der Waals surface area contributed by atoms with Crippen molar-refractivity contribution in [2.24, 2.45) is 0 Å². The maximum Gasteiger partial charge on any atom is 0.322 e. The molecule has 3 N–H and O–H groups in total. The highest BCUT2D eigenvalue weighted by molar-refractivity contribution is 6.02. The van der Waals surface area contributed by atoms with Gasteiger partial charge in [-0.3, -0.25) is 19.7 Å². The quantitative estimate of drug-likeness (QED) is 0.492. The lowest BCUT2D eigenvalue weighted by atomic mass is 10.1. The van der Waals surface area contributed by atoms with Gasteiger partial charge in [-0.25, -0.2) is 10.3 Å². The molecular formula is C7H11N3O4. The molecule has 0 aliphatic carbocycles. The fourth-order valence-electron chi connectivity index (χ4n) is 0.981. The first-order chi connectivity index (χ1) is 6.63. The predicted octanol–water partition coefficient (Wildman–Crippen LogP) is -1.35. The number of rotatable bonds is 3. The SMILES string of the molecule is CCONC(=O)[C@@H]1CC(=O)NC(=O)N1. The fraction of sp³-hybridized carbons (Fsp3) is 0.571. The molecule has 0 aromatic rings. The summed E-state index contributed by atoms with van der Waals surface area (Å²) in [4.78, 5) is 37.5. The van der Waals surface area contributed by atoms with E-state index < -0.39 is 23.9 Å². The summed E-state index contributed by atoms with van der Waals surface area (Å²) in [5, 5.41) is 4.30. The van der Waals surface area contributed by atoms with Gasteiger partial charge in [0.05, 0.1) is 13.0 Å². The van der Waals surface area contributed by atoms with Gasteiger partial charge < -0.3 is 5.32 Å². The second kappa shape index (κ2) is 4.56. The highest BCUT2D eigenvalue weighted by Crippen LogP contribution is 1.97. The van der Waals surface area contributed by atoms with Crippen LogP contribution in [0.1, 0.15) is 13.3 Å². The Labute approximate surface area is 80.1 Å². The summed E-state index contributed by atoms with van der Waals surface area (Å²) in [5.41, 5.74) is 2.11. The van der Waals surface area contributed by atoms with E-state index in [9.17, 15) is 14.4 Å². The lowest BCUT2D eigenvalue weighted by molar-refractivity contribution is -0.138. The van der Waals surface area contributed by atoms with Crippen LogP contribution in [-0.2, 0) is 14.4 Å². The van der Waals surface area contributed by atoms with Crippen LogP contribution < -0.4 is 16.1 Å². The van der Waals surface area contributed by atoms with Crippen molar-refractivity contribution < 1.29 is 19.2 Å². The van der Waals surface area contributed by atoms with E-state index in [4.69, 9.17) is 0 Å². The van der Waals surface area contributed by atoms with Crippen LogP contribution in [0.4, 0.5) is 4.79 Å². The molecule has 7 nitrogen and oxygen atoms in total. The number of carbonyl (C=O) groups is 3.